The molecule has 2 N–H and O–H groups in total. The first-order valence-corrected chi connectivity index (χ1v) is 6.88. The second-order valence-electron chi connectivity index (χ2n) is 4.76. The fourth-order valence-corrected chi connectivity index (χ4v) is 2.31. The minimum Gasteiger partial charge on any atom is -0.508 e. The maximum absolute atomic E-state index is 10.2. The van der Waals surface area contributed by atoms with Crippen LogP contribution in [-0.4, -0.2) is 23.8 Å². The summed E-state index contributed by atoms with van der Waals surface area (Å²) in [6.07, 6.45) is 0.00412. The number of aliphatic hydroxyl groups is 1. The van der Waals surface area contributed by atoms with E-state index in [1.165, 1.54) is 0 Å². The van der Waals surface area contributed by atoms with E-state index in [-0.39, 0.29) is 5.75 Å². The molecular weight excluding hydrogens is 274 g/mol. The predicted molar refractivity (Wildman–Crippen MR) is 82.4 cm³/mol. The van der Waals surface area contributed by atoms with E-state index in [4.69, 9.17) is 11.6 Å². The predicted octanol–water partition coefficient (Wildman–Crippen LogP) is 3.61. The Morgan fingerprint density at radius 3 is 2.40 bits per heavy atom. The van der Waals surface area contributed by atoms with Gasteiger partial charge < -0.3 is 15.1 Å². The lowest BCUT2D eigenvalue weighted by atomic mass is 10.1. The van der Waals surface area contributed by atoms with Crippen LogP contribution in [-0.2, 0) is 0 Å². The van der Waals surface area contributed by atoms with Crippen LogP contribution < -0.4 is 4.90 Å². The summed E-state index contributed by atoms with van der Waals surface area (Å²) in [7, 11) is 1.95. The fourth-order valence-electron chi connectivity index (χ4n) is 2.05. The zero-order chi connectivity index (χ0) is 14.5. The van der Waals surface area contributed by atoms with Crippen molar-refractivity contribution in [3.63, 3.8) is 0 Å². The van der Waals surface area contributed by atoms with Crippen molar-refractivity contribution in [1.82, 2.24) is 0 Å². The number of halogens is 1. The van der Waals surface area contributed by atoms with Gasteiger partial charge in [0, 0.05) is 24.3 Å². The van der Waals surface area contributed by atoms with Crippen LogP contribution >= 0.6 is 11.6 Å². The van der Waals surface area contributed by atoms with E-state index in [9.17, 15) is 10.2 Å². The number of hydrogen-bond acceptors (Lipinski definition) is 3. The van der Waals surface area contributed by atoms with Gasteiger partial charge in [-0.3, -0.25) is 0 Å². The first-order valence-electron chi connectivity index (χ1n) is 6.50. The van der Waals surface area contributed by atoms with Crippen LogP contribution in [0.25, 0.3) is 0 Å². The Labute approximate surface area is 124 Å². The average Bonchev–Trinajstić information content (AvgIpc) is 2.45. The van der Waals surface area contributed by atoms with Crippen LogP contribution in [0.1, 0.15) is 18.1 Å². The first kappa shape index (κ1) is 14.7. The van der Waals surface area contributed by atoms with Crippen LogP contribution in [0, 0.1) is 0 Å². The number of aromatic hydroxyl groups is 1. The molecule has 0 saturated heterocycles. The second kappa shape index (κ2) is 6.64. The molecule has 20 heavy (non-hydrogen) atoms. The van der Waals surface area contributed by atoms with Crippen LogP contribution in [0.4, 0.5) is 5.69 Å². The van der Waals surface area contributed by atoms with E-state index in [1.54, 1.807) is 18.2 Å². The van der Waals surface area contributed by atoms with E-state index >= 15 is 0 Å². The Morgan fingerprint density at radius 1 is 1.10 bits per heavy atom. The summed E-state index contributed by atoms with van der Waals surface area (Å²) in [6.45, 7) is 0.692. The smallest absolute Gasteiger partial charge is 0.115 e. The number of rotatable bonds is 5. The van der Waals surface area contributed by atoms with Gasteiger partial charge in [0.2, 0.25) is 0 Å². The number of nitrogens with zero attached hydrogens (tertiary/aromatic N) is 1. The third-order valence-corrected chi connectivity index (χ3v) is 3.64. The van der Waals surface area contributed by atoms with Gasteiger partial charge in [0.1, 0.15) is 5.75 Å². The molecule has 0 aliphatic carbocycles. The maximum atomic E-state index is 10.2. The molecule has 3 nitrogen and oxygen atoms in total. The Balaban J connectivity index is 1.95. The molecule has 2 rings (SSSR count). The van der Waals surface area contributed by atoms with Gasteiger partial charge in [-0.1, -0.05) is 29.8 Å². The van der Waals surface area contributed by atoms with E-state index in [0.29, 0.717) is 18.0 Å². The summed E-state index contributed by atoms with van der Waals surface area (Å²) in [5.74, 6) is 0.248. The van der Waals surface area contributed by atoms with Crippen LogP contribution in [0.5, 0.6) is 5.75 Å². The molecule has 0 aliphatic heterocycles. The molecule has 2 aromatic carbocycles. The highest BCUT2D eigenvalue weighted by atomic mass is 35.5. The van der Waals surface area contributed by atoms with Gasteiger partial charge in [-0.25, -0.2) is 0 Å². The molecule has 0 aromatic heterocycles. The van der Waals surface area contributed by atoms with E-state index < -0.39 is 6.10 Å². The van der Waals surface area contributed by atoms with Gasteiger partial charge in [-0.2, -0.15) is 0 Å². The van der Waals surface area contributed by atoms with Crippen molar-refractivity contribution in [1.29, 1.82) is 0 Å². The minimum atomic E-state index is -0.580. The van der Waals surface area contributed by atoms with Crippen LogP contribution in [0.2, 0.25) is 5.02 Å². The summed E-state index contributed by atoms with van der Waals surface area (Å²) in [5, 5.41) is 20.0. The zero-order valence-corrected chi connectivity index (χ0v) is 12.1. The molecule has 0 fully saturated rings. The molecule has 106 valence electrons. The summed E-state index contributed by atoms with van der Waals surface area (Å²) in [4.78, 5) is 2.03. The third-order valence-electron chi connectivity index (χ3n) is 3.29. The van der Waals surface area contributed by atoms with Gasteiger partial charge >= 0.3 is 0 Å². The number of phenols is 1. The van der Waals surface area contributed by atoms with Gasteiger partial charge in [0.05, 0.1) is 6.10 Å². The lowest BCUT2D eigenvalue weighted by Gasteiger charge is -2.21. The van der Waals surface area contributed by atoms with Crippen molar-refractivity contribution in [2.75, 3.05) is 18.5 Å². The molecular formula is C16H18ClNO2. The molecule has 4 heteroatoms. The largest absolute Gasteiger partial charge is 0.508 e. The number of phenolic OH excluding ortho intramolecular Hbond substituents is 1. The second-order valence-corrected chi connectivity index (χ2v) is 5.17. The van der Waals surface area contributed by atoms with Gasteiger partial charge in [-0.15, -0.1) is 0 Å². The average molecular weight is 292 g/mol. The zero-order valence-electron chi connectivity index (χ0n) is 11.3. The van der Waals surface area contributed by atoms with E-state index in [0.717, 1.165) is 11.3 Å². The molecule has 0 saturated carbocycles. The summed E-state index contributed by atoms with van der Waals surface area (Å²) < 4.78 is 0. The molecule has 0 radical (unpaired) electrons. The van der Waals surface area contributed by atoms with Crippen molar-refractivity contribution >= 4 is 17.3 Å². The Hall–Kier alpha value is -1.71. The Bertz CT molecular complexity index is 557. The lowest BCUT2D eigenvalue weighted by Crippen LogP contribution is -2.20. The summed E-state index contributed by atoms with van der Waals surface area (Å²) >= 11 is 6.07. The summed E-state index contributed by atoms with van der Waals surface area (Å²) in [5.41, 5.74) is 1.75. The molecule has 0 aliphatic rings. The van der Waals surface area contributed by atoms with E-state index in [2.05, 4.69) is 0 Å². The quantitative estimate of drug-likeness (QED) is 0.884. The molecule has 0 heterocycles. The highest BCUT2D eigenvalue weighted by Crippen LogP contribution is 2.25. The third kappa shape index (κ3) is 3.65. The highest BCUT2D eigenvalue weighted by molar-refractivity contribution is 6.31. The van der Waals surface area contributed by atoms with Crippen molar-refractivity contribution in [3.05, 3.63) is 59.1 Å². The van der Waals surface area contributed by atoms with E-state index in [1.807, 2.05) is 42.3 Å². The van der Waals surface area contributed by atoms with Gasteiger partial charge in [0.25, 0.3) is 0 Å². The molecule has 1 atom stereocenters. The monoisotopic (exact) mass is 291 g/mol. The SMILES string of the molecule is CN(CCC(O)c1ccccc1Cl)c1ccc(O)cc1. The Morgan fingerprint density at radius 2 is 1.75 bits per heavy atom. The fraction of sp³-hybridized carbons (Fsp3) is 0.250. The van der Waals surface area contributed by atoms with Crippen LogP contribution in [0.15, 0.2) is 48.5 Å². The summed E-state index contributed by atoms with van der Waals surface area (Å²) in [6, 6.07) is 14.3. The standard InChI is InChI=1S/C16H18ClNO2/c1-18(12-6-8-13(19)9-7-12)11-10-16(20)14-4-2-3-5-15(14)17/h2-9,16,19-20H,10-11H2,1H3. The van der Waals surface area contributed by atoms with Crippen LogP contribution in [0.3, 0.4) is 0 Å². The molecule has 0 spiro atoms. The normalized spacial score (nSPS) is 12.2. The molecule has 1 unspecified atom stereocenters. The van der Waals surface area contributed by atoms with Crippen molar-refractivity contribution < 1.29 is 10.2 Å². The molecule has 0 amide bonds. The number of hydrogen-bond donors (Lipinski definition) is 2. The first-order chi connectivity index (χ1) is 9.58. The topological polar surface area (TPSA) is 43.7 Å². The molecule has 0 bridgehead atoms. The number of anilines is 1. The maximum Gasteiger partial charge on any atom is 0.115 e. The van der Waals surface area contributed by atoms with Gasteiger partial charge in [-0.05, 0) is 42.3 Å². The molecule has 2 aromatic rings. The number of benzene rings is 2. The minimum absolute atomic E-state index is 0.248. The highest BCUT2D eigenvalue weighted by Gasteiger charge is 2.12. The van der Waals surface area contributed by atoms with Crippen molar-refractivity contribution in [2.45, 2.75) is 12.5 Å². The van der Waals surface area contributed by atoms with Crippen molar-refractivity contribution in [2.24, 2.45) is 0 Å². The number of aliphatic hydroxyl groups excluding tert-OH is 1. The van der Waals surface area contributed by atoms with Gasteiger partial charge in [0.15, 0.2) is 0 Å². The Kier molecular flexibility index (Phi) is 4.88. The van der Waals surface area contributed by atoms with Crippen molar-refractivity contribution in [3.8, 4) is 5.75 Å². The lowest BCUT2D eigenvalue weighted by molar-refractivity contribution is 0.170.